The van der Waals surface area contributed by atoms with Crippen LogP contribution in [-0.2, 0) is 0 Å². The van der Waals surface area contributed by atoms with E-state index in [-0.39, 0.29) is 5.82 Å². The first-order valence-corrected chi connectivity index (χ1v) is 9.44. The number of fused-ring (bicyclic) bond motifs is 1. The van der Waals surface area contributed by atoms with Gasteiger partial charge >= 0.3 is 0 Å². The minimum Gasteiger partial charge on any atom is -0.384 e. The smallest absolute Gasteiger partial charge is 0.131 e. The first kappa shape index (κ1) is 17.7. The van der Waals surface area contributed by atoms with E-state index in [4.69, 9.17) is 5.73 Å². The highest BCUT2D eigenvalue weighted by molar-refractivity contribution is 5.99. The van der Waals surface area contributed by atoms with E-state index in [1.54, 1.807) is 12.3 Å². The molecule has 0 amide bonds. The van der Waals surface area contributed by atoms with Gasteiger partial charge in [0.1, 0.15) is 11.6 Å². The Morgan fingerprint density at radius 1 is 1.26 bits per heavy atom. The van der Waals surface area contributed by atoms with Gasteiger partial charge in [-0.2, -0.15) is 0 Å². The average molecular weight is 364 g/mol. The summed E-state index contributed by atoms with van der Waals surface area (Å²) in [6, 6.07) is 11.7. The highest BCUT2D eigenvalue weighted by atomic mass is 19.1. The second-order valence-electron chi connectivity index (χ2n) is 7.33. The summed E-state index contributed by atoms with van der Waals surface area (Å²) >= 11 is 0. The molecule has 1 atom stereocenters. The third kappa shape index (κ3) is 3.35. The van der Waals surface area contributed by atoms with Crippen molar-refractivity contribution in [3.8, 4) is 11.1 Å². The lowest BCUT2D eigenvalue weighted by Crippen LogP contribution is -2.44. The zero-order chi connectivity index (χ0) is 19.0. The number of nitrogens with two attached hydrogens (primary N) is 1. The second kappa shape index (κ2) is 7.16. The molecule has 1 fully saturated rings. The van der Waals surface area contributed by atoms with Crippen molar-refractivity contribution in [3.05, 3.63) is 54.0 Å². The van der Waals surface area contributed by atoms with E-state index in [1.807, 2.05) is 32.2 Å². The number of pyridine rings is 1. The van der Waals surface area contributed by atoms with Crippen LogP contribution in [-0.4, -0.2) is 31.2 Å². The number of hydrogen-bond donors (Lipinski definition) is 2. The highest BCUT2D eigenvalue weighted by Gasteiger charge is 2.22. The van der Waals surface area contributed by atoms with E-state index in [2.05, 4.69) is 21.3 Å². The van der Waals surface area contributed by atoms with Gasteiger partial charge in [0.15, 0.2) is 0 Å². The summed E-state index contributed by atoms with van der Waals surface area (Å²) in [7, 11) is 2.01. The second-order valence-corrected chi connectivity index (χ2v) is 7.33. The number of rotatable bonds is 3. The number of hydrogen-bond acceptors (Lipinski definition) is 4. The van der Waals surface area contributed by atoms with Crippen LogP contribution in [0, 0.1) is 12.7 Å². The Hall–Kier alpha value is -2.66. The minimum atomic E-state index is -0.199. The van der Waals surface area contributed by atoms with E-state index in [1.165, 1.54) is 12.5 Å². The molecule has 27 heavy (non-hydrogen) atoms. The zero-order valence-corrected chi connectivity index (χ0v) is 15.8. The molecule has 2 aromatic carbocycles. The Morgan fingerprint density at radius 2 is 2.11 bits per heavy atom. The molecule has 3 aromatic rings. The van der Waals surface area contributed by atoms with Gasteiger partial charge in [0.2, 0.25) is 0 Å². The monoisotopic (exact) mass is 364 g/mol. The summed E-state index contributed by atoms with van der Waals surface area (Å²) < 4.78 is 14.6. The zero-order valence-electron chi connectivity index (χ0n) is 15.8. The number of halogens is 1. The van der Waals surface area contributed by atoms with E-state index in [0.717, 1.165) is 47.1 Å². The quantitative estimate of drug-likeness (QED) is 0.734. The number of likely N-dealkylation sites (N-methyl/N-ethyl adjacent to an activating group) is 1. The molecule has 1 aliphatic heterocycles. The summed E-state index contributed by atoms with van der Waals surface area (Å²) in [4.78, 5) is 6.64. The van der Waals surface area contributed by atoms with Crippen molar-refractivity contribution >= 4 is 22.3 Å². The van der Waals surface area contributed by atoms with Crippen molar-refractivity contribution in [2.24, 2.45) is 0 Å². The largest absolute Gasteiger partial charge is 0.384 e. The Balaban J connectivity index is 1.92. The molecule has 4 nitrogen and oxygen atoms in total. The molecule has 1 saturated heterocycles. The summed E-state index contributed by atoms with van der Waals surface area (Å²) in [6.45, 7) is 3.85. The van der Waals surface area contributed by atoms with Crippen molar-refractivity contribution in [1.29, 1.82) is 0 Å². The summed E-state index contributed by atoms with van der Waals surface area (Å²) in [5.41, 5.74) is 9.53. The number of aryl methyl sites for hydroxylation is 1. The molecule has 0 spiro atoms. The molecule has 0 bridgehead atoms. The van der Waals surface area contributed by atoms with Crippen LogP contribution in [0.1, 0.15) is 18.4 Å². The standard InChI is InChI=1S/C22H25FN4/c1-14-5-3-7-19(23)22(14)15-9-16-12-26-21(24)11-18(16)20(10-15)27-8-4-6-17(13-27)25-2/h3,5,7,9-12,17,25H,4,6,8,13H2,1-2H3,(H2,24,26)/t17-/m1/s1. The average Bonchev–Trinajstić information content (AvgIpc) is 2.67. The third-order valence-corrected chi connectivity index (χ3v) is 5.52. The summed E-state index contributed by atoms with van der Waals surface area (Å²) in [5.74, 6) is 0.302. The van der Waals surface area contributed by atoms with Crippen LogP contribution in [0.25, 0.3) is 21.9 Å². The van der Waals surface area contributed by atoms with Crippen molar-refractivity contribution in [2.45, 2.75) is 25.8 Å². The summed E-state index contributed by atoms with van der Waals surface area (Å²) in [6.07, 6.45) is 4.07. The van der Waals surface area contributed by atoms with Gasteiger partial charge in [0.25, 0.3) is 0 Å². The number of nitrogen functional groups attached to an aromatic ring is 1. The molecule has 4 rings (SSSR count). The van der Waals surface area contributed by atoms with Crippen molar-refractivity contribution < 1.29 is 4.39 Å². The van der Waals surface area contributed by atoms with Gasteiger partial charge in [-0.3, -0.25) is 0 Å². The predicted molar refractivity (Wildman–Crippen MR) is 111 cm³/mol. The van der Waals surface area contributed by atoms with E-state index in [9.17, 15) is 4.39 Å². The fourth-order valence-electron chi connectivity index (χ4n) is 4.09. The molecular formula is C22H25FN4. The molecule has 0 radical (unpaired) electrons. The lowest BCUT2D eigenvalue weighted by atomic mass is 9.95. The van der Waals surface area contributed by atoms with Gasteiger partial charge in [0.05, 0.1) is 0 Å². The first-order chi connectivity index (χ1) is 13.1. The molecule has 1 aromatic heterocycles. The van der Waals surface area contributed by atoms with Crippen molar-refractivity contribution in [2.75, 3.05) is 30.8 Å². The number of piperidine rings is 1. The fourth-order valence-corrected chi connectivity index (χ4v) is 4.09. The number of anilines is 2. The van der Waals surface area contributed by atoms with Gasteiger partial charge in [0, 0.05) is 47.4 Å². The molecule has 140 valence electrons. The van der Waals surface area contributed by atoms with Crippen LogP contribution in [0.4, 0.5) is 15.9 Å². The molecular weight excluding hydrogens is 339 g/mol. The predicted octanol–water partition coefficient (Wildman–Crippen LogP) is 4.12. The van der Waals surface area contributed by atoms with Gasteiger partial charge in [-0.1, -0.05) is 12.1 Å². The molecule has 0 unspecified atom stereocenters. The number of aromatic nitrogens is 1. The molecule has 0 saturated carbocycles. The number of nitrogens with zero attached hydrogens (tertiary/aromatic N) is 2. The Morgan fingerprint density at radius 3 is 2.89 bits per heavy atom. The SMILES string of the molecule is CN[C@@H]1CCCN(c2cc(-c3c(C)cccc3F)cc3cnc(N)cc23)C1. The molecule has 2 heterocycles. The van der Waals surface area contributed by atoms with Gasteiger partial charge in [-0.05, 0) is 62.2 Å². The van der Waals surface area contributed by atoms with Crippen LogP contribution >= 0.6 is 0 Å². The van der Waals surface area contributed by atoms with Crippen LogP contribution in [0.5, 0.6) is 0 Å². The fraction of sp³-hybridized carbons (Fsp3) is 0.318. The first-order valence-electron chi connectivity index (χ1n) is 9.44. The van der Waals surface area contributed by atoms with Crippen LogP contribution in [0.15, 0.2) is 42.6 Å². The van der Waals surface area contributed by atoms with E-state index in [0.29, 0.717) is 17.4 Å². The van der Waals surface area contributed by atoms with Gasteiger partial charge < -0.3 is 16.0 Å². The van der Waals surface area contributed by atoms with Crippen LogP contribution in [0.3, 0.4) is 0 Å². The number of nitrogens with one attached hydrogen (secondary N) is 1. The maximum absolute atomic E-state index is 14.6. The molecule has 1 aliphatic rings. The van der Waals surface area contributed by atoms with E-state index < -0.39 is 0 Å². The van der Waals surface area contributed by atoms with Crippen LogP contribution < -0.4 is 16.0 Å². The van der Waals surface area contributed by atoms with Crippen LogP contribution in [0.2, 0.25) is 0 Å². The van der Waals surface area contributed by atoms with E-state index >= 15 is 0 Å². The third-order valence-electron chi connectivity index (χ3n) is 5.52. The summed E-state index contributed by atoms with van der Waals surface area (Å²) in [5, 5.41) is 5.43. The lowest BCUT2D eigenvalue weighted by Gasteiger charge is -2.35. The minimum absolute atomic E-state index is 0.199. The Kier molecular flexibility index (Phi) is 4.70. The maximum atomic E-state index is 14.6. The number of benzene rings is 2. The van der Waals surface area contributed by atoms with Crippen molar-refractivity contribution in [3.63, 3.8) is 0 Å². The normalized spacial score (nSPS) is 17.4. The lowest BCUT2D eigenvalue weighted by molar-refractivity contribution is 0.450. The molecule has 3 N–H and O–H groups in total. The highest BCUT2D eigenvalue weighted by Crippen LogP contribution is 2.37. The molecule has 5 heteroatoms. The molecule has 0 aliphatic carbocycles. The van der Waals surface area contributed by atoms with Gasteiger partial charge in [-0.25, -0.2) is 9.37 Å². The topological polar surface area (TPSA) is 54.2 Å². The van der Waals surface area contributed by atoms with Crippen molar-refractivity contribution in [1.82, 2.24) is 10.3 Å². The maximum Gasteiger partial charge on any atom is 0.131 e. The Labute approximate surface area is 159 Å². The Bertz CT molecular complexity index is 965. The van der Waals surface area contributed by atoms with Gasteiger partial charge in [-0.15, -0.1) is 0 Å².